The van der Waals surface area contributed by atoms with Gasteiger partial charge in [0.25, 0.3) is 0 Å². The molecule has 0 aliphatic heterocycles. The maximum Gasteiger partial charge on any atom is 0.134 e. The Morgan fingerprint density at radius 2 is 1.93 bits per heavy atom. The van der Waals surface area contributed by atoms with Gasteiger partial charge in [-0.2, -0.15) is 10.5 Å². The summed E-state index contributed by atoms with van der Waals surface area (Å²) < 4.78 is 2.07. The van der Waals surface area contributed by atoms with Crippen molar-refractivity contribution < 1.29 is 5.11 Å². The monoisotopic (exact) mass is 408 g/mol. The summed E-state index contributed by atoms with van der Waals surface area (Å²) in [5.41, 5.74) is 5.35. The molecule has 7 heteroatoms. The van der Waals surface area contributed by atoms with E-state index in [2.05, 4.69) is 21.7 Å². The fraction of sp³-hybridized carbons (Fsp3) is 0.190. The molecular weight excluding hydrogens is 392 g/mol. The van der Waals surface area contributed by atoms with Crippen LogP contribution in [0.2, 0.25) is 5.15 Å². The molecule has 0 atom stereocenters. The first kappa shape index (κ1) is 20.0. The second-order valence-corrected chi connectivity index (χ2v) is 7.34. The van der Waals surface area contributed by atoms with Gasteiger partial charge in [-0.3, -0.25) is 0 Å². The van der Waals surface area contributed by atoms with Crippen molar-refractivity contribution in [1.29, 1.82) is 10.5 Å². The van der Waals surface area contributed by atoms with E-state index in [-0.39, 0.29) is 11.8 Å². The molecule has 5 nitrogen and oxygen atoms in total. The SMILES string of the molecule is CSc1c(C#N)c(-c2ccc(C#N)cc2)c(C)n1Cc1cnc(Cl)c(CO)c1. The summed E-state index contributed by atoms with van der Waals surface area (Å²) in [6, 6.07) is 13.5. The predicted molar refractivity (Wildman–Crippen MR) is 110 cm³/mol. The zero-order chi connectivity index (χ0) is 20.3. The van der Waals surface area contributed by atoms with Crippen LogP contribution < -0.4 is 0 Å². The first-order valence-corrected chi connectivity index (χ1v) is 10.1. The minimum atomic E-state index is -0.181. The molecule has 0 amide bonds. The van der Waals surface area contributed by atoms with Gasteiger partial charge in [-0.05, 0) is 42.5 Å². The van der Waals surface area contributed by atoms with E-state index in [0.717, 1.165) is 27.4 Å². The number of thioether (sulfide) groups is 1. The Bertz CT molecular complexity index is 1110. The predicted octanol–water partition coefficient (Wildman–Crippen LogP) is 4.52. The number of hydrogen-bond acceptors (Lipinski definition) is 5. The van der Waals surface area contributed by atoms with Crippen molar-refractivity contribution in [2.45, 2.75) is 25.1 Å². The van der Waals surface area contributed by atoms with E-state index < -0.39 is 0 Å². The molecule has 0 radical (unpaired) electrons. The lowest BCUT2D eigenvalue weighted by atomic mass is 10.0. The highest BCUT2D eigenvalue weighted by atomic mass is 35.5. The molecule has 0 spiro atoms. The third kappa shape index (κ3) is 3.63. The largest absolute Gasteiger partial charge is 0.392 e. The number of pyridine rings is 1. The van der Waals surface area contributed by atoms with Gasteiger partial charge in [0, 0.05) is 29.6 Å². The molecule has 1 aromatic carbocycles. The van der Waals surface area contributed by atoms with Gasteiger partial charge in [0.2, 0.25) is 0 Å². The quantitative estimate of drug-likeness (QED) is 0.495. The first-order chi connectivity index (χ1) is 13.5. The highest BCUT2D eigenvalue weighted by molar-refractivity contribution is 7.98. The Hall–Kier alpha value is -2.77. The van der Waals surface area contributed by atoms with Gasteiger partial charge in [-0.1, -0.05) is 23.7 Å². The molecule has 1 N–H and O–H groups in total. The second kappa shape index (κ2) is 8.50. The van der Waals surface area contributed by atoms with Gasteiger partial charge in [0.15, 0.2) is 0 Å². The number of aliphatic hydroxyl groups is 1. The Kier molecular flexibility index (Phi) is 6.06. The highest BCUT2D eigenvalue weighted by Crippen LogP contribution is 2.37. The molecule has 0 saturated heterocycles. The van der Waals surface area contributed by atoms with Crippen LogP contribution in [0.25, 0.3) is 11.1 Å². The molecule has 0 bridgehead atoms. The van der Waals surface area contributed by atoms with Crippen molar-refractivity contribution in [3.63, 3.8) is 0 Å². The van der Waals surface area contributed by atoms with Crippen LogP contribution in [0.3, 0.4) is 0 Å². The second-order valence-electron chi connectivity index (χ2n) is 6.18. The van der Waals surface area contributed by atoms with Crippen LogP contribution in [-0.2, 0) is 13.2 Å². The van der Waals surface area contributed by atoms with E-state index in [1.54, 1.807) is 18.3 Å². The number of hydrogen-bond donors (Lipinski definition) is 1. The number of benzene rings is 1. The number of nitrogens with zero attached hydrogens (tertiary/aromatic N) is 4. The standard InChI is InChI=1S/C21H17ClN4OS/c1-13-19(16-5-3-14(8-23)4-6-16)18(9-24)21(28-2)26(13)11-15-7-17(12-27)20(22)25-10-15/h3-7,10,27H,11-12H2,1-2H3. The molecule has 0 fully saturated rings. The fourth-order valence-corrected chi connectivity index (χ4v) is 4.14. The van der Waals surface area contributed by atoms with E-state index in [4.69, 9.17) is 16.9 Å². The number of aromatic nitrogens is 2. The molecule has 28 heavy (non-hydrogen) atoms. The van der Waals surface area contributed by atoms with Crippen molar-refractivity contribution in [3.8, 4) is 23.3 Å². The molecule has 3 rings (SSSR count). The minimum absolute atomic E-state index is 0.181. The molecular formula is C21H17ClN4OS. The van der Waals surface area contributed by atoms with Gasteiger partial charge in [0.05, 0.1) is 28.8 Å². The van der Waals surface area contributed by atoms with E-state index >= 15 is 0 Å². The molecule has 140 valence electrons. The molecule has 0 saturated carbocycles. The zero-order valence-electron chi connectivity index (χ0n) is 15.4. The van der Waals surface area contributed by atoms with Gasteiger partial charge in [-0.25, -0.2) is 4.98 Å². The smallest absolute Gasteiger partial charge is 0.134 e. The molecule has 0 aliphatic rings. The molecule has 2 aromatic heterocycles. The Balaban J connectivity index is 2.13. The lowest BCUT2D eigenvalue weighted by Crippen LogP contribution is -2.05. The van der Waals surface area contributed by atoms with E-state index in [0.29, 0.717) is 23.2 Å². The maximum absolute atomic E-state index is 9.82. The minimum Gasteiger partial charge on any atom is -0.392 e. The lowest BCUT2D eigenvalue weighted by Gasteiger charge is -2.12. The average Bonchev–Trinajstić information content (AvgIpc) is 3.00. The van der Waals surface area contributed by atoms with Crippen LogP contribution in [0.5, 0.6) is 0 Å². The Morgan fingerprint density at radius 3 is 2.50 bits per heavy atom. The van der Waals surface area contributed by atoms with Crippen molar-refractivity contribution in [2.75, 3.05) is 6.26 Å². The summed E-state index contributed by atoms with van der Waals surface area (Å²) in [7, 11) is 0. The summed E-state index contributed by atoms with van der Waals surface area (Å²) in [5, 5.41) is 29.4. The van der Waals surface area contributed by atoms with E-state index in [9.17, 15) is 10.4 Å². The van der Waals surface area contributed by atoms with Gasteiger partial charge in [0.1, 0.15) is 11.2 Å². The zero-order valence-corrected chi connectivity index (χ0v) is 17.0. The average molecular weight is 409 g/mol. The van der Waals surface area contributed by atoms with Crippen molar-refractivity contribution in [2.24, 2.45) is 0 Å². The third-order valence-corrected chi connectivity index (χ3v) is 5.71. The van der Waals surface area contributed by atoms with Crippen molar-refractivity contribution in [1.82, 2.24) is 9.55 Å². The van der Waals surface area contributed by atoms with E-state index in [1.165, 1.54) is 11.8 Å². The topological polar surface area (TPSA) is 85.6 Å². The van der Waals surface area contributed by atoms with Gasteiger partial charge in [-0.15, -0.1) is 11.8 Å². The van der Waals surface area contributed by atoms with Crippen LogP contribution >= 0.6 is 23.4 Å². The highest BCUT2D eigenvalue weighted by Gasteiger charge is 2.21. The fourth-order valence-electron chi connectivity index (χ4n) is 3.20. The summed E-state index contributed by atoms with van der Waals surface area (Å²) >= 11 is 7.51. The first-order valence-electron chi connectivity index (χ1n) is 8.45. The van der Waals surface area contributed by atoms with Crippen LogP contribution in [-0.4, -0.2) is 20.9 Å². The van der Waals surface area contributed by atoms with Crippen molar-refractivity contribution in [3.05, 3.63) is 69.6 Å². The normalized spacial score (nSPS) is 10.5. The van der Waals surface area contributed by atoms with Crippen LogP contribution in [0.1, 0.15) is 27.9 Å². The molecule has 3 aromatic rings. The number of nitriles is 2. The Labute approximate surface area is 172 Å². The van der Waals surface area contributed by atoms with Gasteiger partial charge < -0.3 is 9.67 Å². The Morgan fingerprint density at radius 1 is 1.21 bits per heavy atom. The van der Waals surface area contributed by atoms with Crippen molar-refractivity contribution >= 4 is 23.4 Å². The molecule has 2 heterocycles. The number of aliphatic hydroxyl groups excluding tert-OH is 1. The van der Waals surface area contributed by atoms with Crippen LogP contribution in [0, 0.1) is 29.6 Å². The van der Waals surface area contributed by atoms with Crippen LogP contribution in [0.4, 0.5) is 0 Å². The summed E-state index contributed by atoms with van der Waals surface area (Å²) in [6.45, 7) is 2.30. The lowest BCUT2D eigenvalue weighted by molar-refractivity contribution is 0.281. The number of halogens is 1. The third-order valence-electron chi connectivity index (χ3n) is 4.56. The van der Waals surface area contributed by atoms with Gasteiger partial charge >= 0.3 is 0 Å². The summed E-state index contributed by atoms with van der Waals surface area (Å²) in [4.78, 5) is 4.15. The molecule has 0 aliphatic carbocycles. The van der Waals surface area contributed by atoms with Crippen LogP contribution in [0.15, 0.2) is 41.6 Å². The number of rotatable bonds is 5. The summed E-state index contributed by atoms with van der Waals surface area (Å²) in [6.07, 6.45) is 3.62. The maximum atomic E-state index is 9.82. The summed E-state index contributed by atoms with van der Waals surface area (Å²) in [5.74, 6) is 0. The van der Waals surface area contributed by atoms with E-state index in [1.807, 2.05) is 31.4 Å². The molecule has 0 unspecified atom stereocenters.